The molecular formula is C13H19N5. The Morgan fingerprint density at radius 3 is 2.50 bits per heavy atom. The minimum atomic E-state index is 0.511. The number of hydrogen-bond donors (Lipinski definition) is 0. The third-order valence-electron chi connectivity index (χ3n) is 3.21. The maximum Gasteiger partial charge on any atom is 0.245 e. The van der Waals surface area contributed by atoms with E-state index in [9.17, 15) is 0 Å². The fourth-order valence-electron chi connectivity index (χ4n) is 2.05. The summed E-state index contributed by atoms with van der Waals surface area (Å²) in [5, 5.41) is 17.2. The highest BCUT2D eigenvalue weighted by molar-refractivity contribution is 5.34. The molecule has 0 saturated heterocycles. The Balaban J connectivity index is 2.21. The molecule has 0 atom stereocenters. The van der Waals surface area contributed by atoms with Crippen molar-refractivity contribution < 1.29 is 0 Å². The second kappa shape index (κ2) is 5.76. The summed E-state index contributed by atoms with van der Waals surface area (Å²) in [6, 6.07) is 2.70. The normalized spacial score (nSPS) is 14.3. The maximum absolute atomic E-state index is 8.71. The summed E-state index contributed by atoms with van der Waals surface area (Å²) in [6.07, 6.45) is 4.60. The van der Waals surface area contributed by atoms with Crippen LogP contribution in [0.1, 0.15) is 44.5 Å². The van der Waals surface area contributed by atoms with Gasteiger partial charge in [0.25, 0.3) is 0 Å². The van der Waals surface area contributed by atoms with E-state index in [-0.39, 0.29) is 0 Å². The predicted molar refractivity (Wildman–Crippen MR) is 69.2 cm³/mol. The van der Waals surface area contributed by atoms with Crippen LogP contribution in [0.15, 0.2) is 0 Å². The van der Waals surface area contributed by atoms with Crippen LogP contribution in [0.4, 0.5) is 5.95 Å². The van der Waals surface area contributed by atoms with Gasteiger partial charge in [0.05, 0.1) is 23.9 Å². The molecule has 0 radical (unpaired) electrons. The summed E-state index contributed by atoms with van der Waals surface area (Å²) >= 11 is 0. The average Bonchev–Trinajstić information content (AvgIpc) is 3.23. The number of aryl methyl sites for hydroxylation is 2. The molecule has 1 aromatic heterocycles. The van der Waals surface area contributed by atoms with Gasteiger partial charge in [0.2, 0.25) is 5.95 Å². The predicted octanol–water partition coefficient (Wildman–Crippen LogP) is 1.88. The Kier molecular flexibility index (Phi) is 4.08. The largest absolute Gasteiger partial charge is 0.336 e. The van der Waals surface area contributed by atoms with Crippen molar-refractivity contribution in [1.29, 1.82) is 5.26 Å². The van der Waals surface area contributed by atoms with Crippen LogP contribution >= 0.6 is 0 Å². The van der Waals surface area contributed by atoms with Gasteiger partial charge in [-0.25, -0.2) is 4.98 Å². The lowest BCUT2D eigenvalue weighted by Gasteiger charge is -2.21. The fraction of sp³-hybridized carbons (Fsp3) is 0.692. The summed E-state index contributed by atoms with van der Waals surface area (Å²) in [5.41, 5.74) is 2.02. The summed E-state index contributed by atoms with van der Waals surface area (Å²) < 4.78 is 0. The number of nitrogens with zero attached hydrogens (tertiary/aromatic N) is 5. The lowest BCUT2D eigenvalue weighted by atomic mass is 10.2. The van der Waals surface area contributed by atoms with Crippen LogP contribution in [0.3, 0.4) is 0 Å². The second-order valence-electron chi connectivity index (χ2n) is 4.54. The van der Waals surface area contributed by atoms with Crippen LogP contribution in [0.2, 0.25) is 0 Å². The molecule has 18 heavy (non-hydrogen) atoms. The molecule has 96 valence electrons. The zero-order chi connectivity index (χ0) is 13.0. The monoisotopic (exact) mass is 245 g/mol. The van der Waals surface area contributed by atoms with E-state index < -0.39 is 0 Å². The summed E-state index contributed by atoms with van der Waals surface area (Å²) in [6.45, 7) is 4.86. The highest BCUT2D eigenvalue weighted by Crippen LogP contribution is 2.29. The van der Waals surface area contributed by atoms with Gasteiger partial charge in [-0.15, -0.1) is 5.10 Å². The van der Waals surface area contributed by atoms with Crippen molar-refractivity contribution in [2.75, 3.05) is 11.4 Å². The van der Waals surface area contributed by atoms with Crippen molar-refractivity contribution in [3.63, 3.8) is 0 Å². The van der Waals surface area contributed by atoms with Crippen molar-refractivity contribution in [1.82, 2.24) is 15.2 Å². The first kappa shape index (κ1) is 12.7. The molecule has 0 N–H and O–H groups in total. The minimum Gasteiger partial charge on any atom is -0.336 e. The van der Waals surface area contributed by atoms with E-state index in [2.05, 4.69) is 40.0 Å². The molecule has 1 aliphatic rings. The Bertz CT molecular complexity index is 447. The summed E-state index contributed by atoms with van der Waals surface area (Å²) in [5.74, 6) is 0.696. The minimum absolute atomic E-state index is 0.511. The number of aromatic nitrogens is 3. The van der Waals surface area contributed by atoms with Crippen molar-refractivity contribution >= 4 is 5.95 Å². The van der Waals surface area contributed by atoms with E-state index in [1.165, 1.54) is 12.8 Å². The van der Waals surface area contributed by atoms with Gasteiger partial charge in [-0.05, 0) is 25.7 Å². The highest BCUT2D eigenvalue weighted by atomic mass is 15.3. The van der Waals surface area contributed by atoms with Gasteiger partial charge in [-0.3, -0.25) is 0 Å². The molecule has 0 amide bonds. The molecule has 0 bridgehead atoms. The van der Waals surface area contributed by atoms with Crippen molar-refractivity contribution in [2.24, 2.45) is 0 Å². The molecule has 0 unspecified atom stereocenters. The quantitative estimate of drug-likeness (QED) is 0.765. The molecule has 0 spiro atoms. The number of nitriles is 1. The highest BCUT2D eigenvalue weighted by Gasteiger charge is 2.31. The lowest BCUT2D eigenvalue weighted by Crippen LogP contribution is -2.29. The topological polar surface area (TPSA) is 65.7 Å². The SMILES string of the molecule is CCc1nnc(N(CCC#N)C2CC2)nc1CC. The molecule has 1 aliphatic carbocycles. The van der Waals surface area contributed by atoms with Crippen LogP contribution < -0.4 is 4.90 Å². The van der Waals surface area contributed by atoms with E-state index in [1.54, 1.807) is 0 Å². The molecule has 0 aliphatic heterocycles. The van der Waals surface area contributed by atoms with Gasteiger partial charge in [0.15, 0.2) is 0 Å². The van der Waals surface area contributed by atoms with E-state index in [0.717, 1.165) is 24.2 Å². The molecule has 2 rings (SSSR count). The zero-order valence-electron chi connectivity index (χ0n) is 11.1. The molecule has 5 nitrogen and oxygen atoms in total. The third-order valence-corrected chi connectivity index (χ3v) is 3.21. The zero-order valence-corrected chi connectivity index (χ0v) is 11.1. The van der Waals surface area contributed by atoms with Crippen LogP contribution in [-0.4, -0.2) is 27.8 Å². The van der Waals surface area contributed by atoms with Gasteiger partial charge in [-0.1, -0.05) is 13.8 Å². The van der Waals surface area contributed by atoms with Crippen molar-refractivity contribution in [3.8, 4) is 6.07 Å². The number of anilines is 1. The Morgan fingerprint density at radius 1 is 1.22 bits per heavy atom. The molecule has 1 saturated carbocycles. The molecule has 1 fully saturated rings. The first-order valence-corrected chi connectivity index (χ1v) is 6.66. The first-order chi connectivity index (χ1) is 8.80. The molecular weight excluding hydrogens is 226 g/mol. The van der Waals surface area contributed by atoms with Crippen LogP contribution in [0.25, 0.3) is 0 Å². The third kappa shape index (κ3) is 2.76. The van der Waals surface area contributed by atoms with Gasteiger partial charge < -0.3 is 4.90 Å². The summed E-state index contributed by atoms with van der Waals surface area (Å²) in [7, 11) is 0. The smallest absolute Gasteiger partial charge is 0.245 e. The standard InChI is InChI=1S/C13H19N5/c1-3-11-12(4-2)16-17-13(15-11)18(9-5-8-14)10-6-7-10/h10H,3-7,9H2,1-2H3. The Hall–Kier alpha value is -1.70. The van der Waals surface area contributed by atoms with Gasteiger partial charge in [0.1, 0.15) is 0 Å². The van der Waals surface area contributed by atoms with Crippen LogP contribution in [0, 0.1) is 11.3 Å². The second-order valence-corrected chi connectivity index (χ2v) is 4.54. The maximum atomic E-state index is 8.71. The van der Waals surface area contributed by atoms with Crippen molar-refractivity contribution in [2.45, 2.75) is 52.0 Å². The first-order valence-electron chi connectivity index (χ1n) is 6.66. The van der Waals surface area contributed by atoms with Crippen molar-refractivity contribution in [3.05, 3.63) is 11.4 Å². The van der Waals surface area contributed by atoms with Gasteiger partial charge >= 0.3 is 0 Å². The number of rotatable bonds is 6. The lowest BCUT2D eigenvalue weighted by molar-refractivity contribution is 0.719. The van der Waals surface area contributed by atoms with E-state index >= 15 is 0 Å². The molecule has 0 aromatic carbocycles. The van der Waals surface area contributed by atoms with Crippen LogP contribution in [0.5, 0.6) is 0 Å². The van der Waals surface area contributed by atoms with Crippen LogP contribution in [-0.2, 0) is 12.8 Å². The summed E-state index contributed by atoms with van der Waals surface area (Å²) in [4.78, 5) is 6.75. The van der Waals surface area contributed by atoms with E-state index in [0.29, 0.717) is 25.0 Å². The Morgan fingerprint density at radius 2 is 1.94 bits per heavy atom. The molecule has 5 heteroatoms. The van der Waals surface area contributed by atoms with Gasteiger partial charge in [0, 0.05) is 12.6 Å². The van der Waals surface area contributed by atoms with E-state index in [4.69, 9.17) is 5.26 Å². The average molecular weight is 245 g/mol. The Labute approximate surface area is 108 Å². The molecule has 1 heterocycles. The molecule has 1 aromatic rings. The van der Waals surface area contributed by atoms with E-state index in [1.807, 2.05) is 0 Å². The number of hydrogen-bond acceptors (Lipinski definition) is 5. The fourth-order valence-corrected chi connectivity index (χ4v) is 2.05. The van der Waals surface area contributed by atoms with Gasteiger partial charge in [-0.2, -0.15) is 10.4 Å².